The van der Waals surface area contributed by atoms with Crippen LogP contribution in [0.2, 0.25) is 0 Å². The maximum atomic E-state index is 13.0. The summed E-state index contributed by atoms with van der Waals surface area (Å²) >= 11 is 0. The predicted octanol–water partition coefficient (Wildman–Crippen LogP) is 3.41. The van der Waals surface area contributed by atoms with Crippen LogP contribution in [0.4, 0.5) is 0 Å². The monoisotopic (exact) mass is 460 g/mol. The van der Waals surface area contributed by atoms with Crippen LogP contribution in [0.25, 0.3) is 0 Å². The van der Waals surface area contributed by atoms with Gasteiger partial charge in [-0.25, -0.2) is 8.42 Å². The van der Waals surface area contributed by atoms with Crippen molar-refractivity contribution < 1.29 is 22.7 Å². The average molecular weight is 461 g/mol. The van der Waals surface area contributed by atoms with Crippen LogP contribution in [0.3, 0.4) is 0 Å². The highest BCUT2D eigenvalue weighted by molar-refractivity contribution is 7.89. The molecule has 1 heterocycles. The number of rotatable bonds is 9. The van der Waals surface area contributed by atoms with Gasteiger partial charge in [0.25, 0.3) is 0 Å². The fourth-order valence-electron chi connectivity index (χ4n) is 3.84. The maximum absolute atomic E-state index is 13.0. The molecule has 7 nitrogen and oxygen atoms in total. The second-order valence-corrected chi connectivity index (χ2v) is 10.1. The first-order valence-corrected chi connectivity index (χ1v) is 12.4. The second-order valence-electron chi connectivity index (χ2n) is 8.21. The van der Waals surface area contributed by atoms with Gasteiger partial charge in [0.2, 0.25) is 15.9 Å². The molecule has 0 saturated carbocycles. The van der Waals surface area contributed by atoms with Gasteiger partial charge in [0.1, 0.15) is 18.1 Å². The first kappa shape index (κ1) is 24.1. The zero-order chi connectivity index (χ0) is 23.1. The summed E-state index contributed by atoms with van der Waals surface area (Å²) in [4.78, 5) is 12.9. The van der Waals surface area contributed by atoms with Crippen LogP contribution in [-0.4, -0.2) is 52.0 Å². The Morgan fingerprint density at radius 3 is 2.56 bits per heavy atom. The molecule has 2 aromatic carbocycles. The SMILES string of the molecule is COc1ccc(S(=O)(=O)N2CCC[C@H](C(=O)NCCOc3ccccc3C(C)C)C2)cc1. The van der Waals surface area contributed by atoms with Crippen LogP contribution < -0.4 is 14.8 Å². The van der Waals surface area contributed by atoms with Crippen molar-refractivity contribution in [3.8, 4) is 11.5 Å². The standard InChI is InChI=1S/C24H32N2O5S/c1-18(2)22-8-4-5-9-23(22)31-16-14-25-24(27)19-7-6-15-26(17-19)32(28,29)21-12-10-20(30-3)11-13-21/h4-5,8-13,18-19H,6-7,14-17H2,1-3H3,(H,25,27)/t19-/m0/s1. The van der Waals surface area contributed by atoms with Gasteiger partial charge in [-0.05, 0) is 54.7 Å². The fraction of sp³-hybridized carbons (Fsp3) is 0.458. The molecule has 0 spiro atoms. The third kappa shape index (κ3) is 5.81. The number of hydrogen-bond acceptors (Lipinski definition) is 5. The van der Waals surface area contributed by atoms with Crippen molar-refractivity contribution in [2.24, 2.45) is 5.92 Å². The Morgan fingerprint density at radius 2 is 1.88 bits per heavy atom. The Kier molecular flexibility index (Phi) is 8.15. The highest BCUT2D eigenvalue weighted by Gasteiger charge is 2.33. The summed E-state index contributed by atoms with van der Waals surface area (Å²) in [7, 11) is -2.12. The summed E-state index contributed by atoms with van der Waals surface area (Å²) in [6.07, 6.45) is 1.31. The van der Waals surface area contributed by atoms with E-state index in [1.807, 2.05) is 24.3 Å². The lowest BCUT2D eigenvalue weighted by molar-refractivity contribution is -0.126. The fourth-order valence-corrected chi connectivity index (χ4v) is 5.36. The molecular weight excluding hydrogens is 428 g/mol. The lowest BCUT2D eigenvalue weighted by Crippen LogP contribution is -2.45. The zero-order valence-corrected chi connectivity index (χ0v) is 19.7. The van der Waals surface area contributed by atoms with Crippen LogP contribution in [-0.2, 0) is 14.8 Å². The molecule has 174 valence electrons. The van der Waals surface area contributed by atoms with Gasteiger partial charge in [-0.15, -0.1) is 0 Å². The number of para-hydroxylation sites is 1. The normalized spacial score (nSPS) is 17.2. The molecule has 1 atom stereocenters. The minimum absolute atomic E-state index is 0.139. The summed E-state index contributed by atoms with van der Waals surface area (Å²) in [5.74, 6) is 1.26. The predicted molar refractivity (Wildman–Crippen MR) is 124 cm³/mol. The molecule has 1 aliphatic rings. The minimum atomic E-state index is -3.65. The molecule has 1 N–H and O–H groups in total. The second kappa shape index (κ2) is 10.8. The topological polar surface area (TPSA) is 84.9 Å². The van der Waals surface area contributed by atoms with E-state index in [4.69, 9.17) is 9.47 Å². The van der Waals surface area contributed by atoms with Crippen LogP contribution in [0, 0.1) is 5.92 Å². The van der Waals surface area contributed by atoms with E-state index in [0.29, 0.717) is 44.2 Å². The van der Waals surface area contributed by atoms with Crippen molar-refractivity contribution in [1.29, 1.82) is 0 Å². The third-order valence-electron chi connectivity index (χ3n) is 5.65. The van der Waals surface area contributed by atoms with Crippen LogP contribution >= 0.6 is 0 Å². The Bertz CT molecular complexity index is 1010. The molecule has 1 fully saturated rings. The van der Waals surface area contributed by atoms with Gasteiger partial charge in [-0.3, -0.25) is 4.79 Å². The maximum Gasteiger partial charge on any atom is 0.243 e. The van der Waals surface area contributed by atoms with Gasteiger partial charge in [0, 0.05) is 13.1 Å². The summed E-state index contributed by atoms with van der Waals surface area (Å²) in [6, 6.07) is 14.2. The number of sulfonamides is 1. The summed E-state index contributed by atoms with van der Waals surface area (Å²) in [5, 5.41) is 2.90. The summed E-state index contributed by atoms with van der Waals surface area (Å²) in [6.45, 7) is 5.53. The molecule has 0 aliphatic carbocycles. The summed E-state index contributed by atoms with van der Waals surface area (Å²) in [5.41, 5.74) is 1.13. The summed E-state index contributed by atoms with van der Waals surface area (Å²) < 4.78 is 38.3. The van der Waals surface area contributed by atoms with Gasteiger partial charge in [-0.1, -0.05) is 32.0 Å². The molecule has 1 saturated heterocycles. The number of ether oxygens (including phenoxy) is 2. The molecule has 0 bridgehead atoms. The van der Waals surface area contributed by atoms with E-state index < -0.39 is 10.0 Å². The number of piperidine rings is 1. The van der Waals surface area contributed by atoms with Crippen molar-refractivity contribution in [2.45, 2.75) is 37.5 Å². The molecule has 1 amide bonds. The largest absolute Gasteiger partial charge is 0.497 e. The van der Waals surface area contributed by atoms with E-state index in [1.54, 1.807) is 12.1 Å². The van der Waals surface area contributed by atoms with E-state index >= 15 is 0 Å². The van der Waals surface area contributed by atoms with Gasteiger partial charge >= 0.3 is 0 Å². The number of nitrogens with one attached hydrogen (secondary N) is 1. The van der Waals surface area contributed by atoms with Crippen molar-refractivity contribution in [1.82, 2.24) is 9.62 Å². The van der Waals surface area contributed by atoms with Crippen molar-refractivity contribution in [2.75, 3.05) is 33.4 Å². The van der Waals surface area contributed by atoms with Crippen LogP contribution in [0.5, 0.6) is 11.5 Å². The van der Waals surface area contributed by atoms with Gasteiger partial charge in [0.05, 0.1) is 24.5 Å². The van der Waals surface area contributed by atoms with E-state index in [9.17, 15) is 13.2 Å². The Hall–Kier alpha value is -2.58. The average Bonchev–Trinajstić information content (AvgIpc) is 2.82. The van der Waals surface area contributed by atoms with E-state index in [-0.39, 0.29) is 23.3 Å². The van der Waals surface area contributed by atoms with Gasteiger partial charge in [-0.2, -0.15) is 4.31 Å². The van der Waals surface area contributed by atoms with E-state index in [0.717, 1.165) is 11.3 Å². The first-order valence-electron chi connectivity index (χ1n) is 11.0. The number of hydrogen-bond donors (Lipinski definition) is 1. The number of amides is 1. The molecule has 0 aromatic heterocycles. The van der Waals surface area contributed by atoms with Crippen molar-refractivity contribution in [3.05, 3.63) is 54.1 Å². The lowest BCUT2D eigenvalue weighted by Gasteiger charge is -2.31. The number of benzene rings is 2. The van der Waals surface area contributed by atoms with Gasteiger partial charge < -0.3 is 14.8 Å². The van der Waals surface area contributed by atoms with Crippen LogP contribution in [0.15, 0.2) is 53.4 Å². The Balaban J connectivity index is 1.53. The number of nitrogens with zero attached hydrogens (tertiary/aromatic N) is 1. The first-order chi connectivity index (χ1) is 15.3. The van der Waals surface area contributed by atoms with Crippen LogP contribution in [0.1, 0.15) is 38.2 Å². The highest BCUT2D eigenvalue weighted by atomic mass is 32.2. The smallest absolute Gasteiger partial charge is 0.243 e. The molecule has 8 heteroatoms. The number of carbonyl (C=O) groups is 1. The van der Waals surface area contributed by atoms with E-state index in [1.165, 1.54) is 23.5 Å². The molecule has 1 aliphatic heterocycles. The number of methoxy groups -OCH3 is 1. The molecule has 2 aromatic rings. The van der Waals surface area contributed by atoms with Gasteiger partial charge in [0.15, 0.2) is 0 Å². The Morgan fingerprint density at radius 1 is 1.16 bits per heavy atom. The lowest BCUT2D eigenvalue weighted by atomic mass is 9.99. The molecule has 32 heavy (non-hydrogen) atoms. The molecule has 0 radical (unpaired) electrons. The molecular formula is C24H32N2O5S. The number of carbonyl (C=O) groups excluding carboxylic acids is 1. The third-order valence-corrected chi connectivity index (χ3v) is 7.53. The van der Waals surface area contributed by atoms with E-state index in [2.05, 4.69) is 19.2 Å². The van der Waals surface area contributed by atoms with Crippen molar-refractivity contribution >= 4 is 15.9 Å². The highest BCUT2D eigenvalue weighted by Crippen LogP contribution is 2.26. The minimum Gasteiger partial charge on any atom is -0.497 e. The van der Waals surface area contributed by atoms with Crippen molar-refractivity contribution in [3.63, 3.8) is 0 Å². The molecule has 3 rings (SSSR count). The Labute approximate surface area is 190 Å². The quantitative estimate of drug-likeness (QED) is 0.580. The zero-order valence-electron chi connectivity index (χ0n) is 18.9. The molecule has 0 unspecified atom stereocenters.